The van der Waals surface area contributed by atoms with E-state index in [-0.39, 0.29) is 6.03 Å². The van der Waals surface area contributed by atoms with Crippen LogP contribution in [-0.4, -0.2) is 30.1 Å². The Morgan fingerprint density at radius 1 is 1.21 bits per heavy atom. The van der Waals surface area contributed by atoms with E-state index in [4.69, 9.17) is 10.5 Å². The number of carbonyl (C=O) groups excluding carboxylic acids is 2. The molecule has 7 heteroatoms. The second-order valence-corrected chi connectivity index (χ2v) is 6.45. The van der Waals surface area contributed by atoms with Crippen LogP contribution in [-0.2, 0) is 6.42 Å². The number of primary amides is 1. The molecule has 3 aromatic rings. The van der Waals surface area contributed by atoms with Crippen molar-refractivity contribution in [1.82, 2.24) is 10.3 Å². The second kappa shape index (κ2) is 8.47. The molecule has 3 rings (SSSR count). The number of carbonyl (C=O) groups is 2. The van der Waals surface area contributed by atoms with Crippen LogP contribution in [0.25, 0.3) is 10.9 Å². The first-order chi connectivity index (χ1) is 13.5. The maximum Gasteiger partial charge on any atom is 0.319 e. The molecule has 0 aliphatic heterocycles. The Morgan fingerprint density at radius 3 is 2.75 bits per heavy atom. The van der Waals surface area contributed by atoms with Crippen LogP contribution in [0.1, 0.15) is 28.4 Å². The van der Waals surface area contributed by atoms with Gasteiger partial charge in [-0.25, -0.2) is 4.79 Å². The van der Waals surface area contributed by atoms with Crippen LogP contribution in [0, 0.1) is 6.92 Å². The second-order valence-electron chi connectivity index (χ2n) is 6.45. The highest BCUT2D eigenvalue weighted by molar-refractivity contribution is 5.96. The molecule has 1 heterocycles. The van der Waals surface area contributed by atoms with Crippen molar-refractivity contribution >= 4 is 28.5 Å². The van der Waals surface area contributed by atoms with Gasteiger partial charge in [-0.2, -0.15) is 0 Å². The average molecular weight is 380 g/mol. The highest BCUT2D eigenvalue weighted by Crippen LogP contribution is 2.29. The fourth-order valence-electron chi connectivity index (χ4n) is 3.20. The van der Waals surface area contributed by atoms with Gasteiger partial charge < -0.3 is 26.1 Å². The van der Waals surface area contributed by atoms with E-state index in [2.05, 4.69) is 15.6 Å². The molecule has 0 fully saturated rings. The summed E-state index contributed by atoms with van der Waals surface area (Å²) in [7, 11) is 0. The molecule has 5 N–H and O–H groups in total. The van der Waals surface area contributed by atoms with Gasteiger partial charge in [-0.1, -0.05) is 6.07 Å². The Kier molecular flexibility index (Phi) is 5.84. The molecule has 0 bridgehead atoms. The molecule has 0 unspecified atom stereocenters. The van der Waals surface area contributed by atoms with Crippen molar-refractivity contribution < 1.29 is 14.3 Å². The number of aromatic amines is 1. The molecule has 0 spiro atoms. The molecule has 7 nitrogen and oxygen atoms in total. The van der Waals surface area contributed by atoms with Crippen molar-refractivity contribution in [1.29, 1.82) is 0 Å². The van der Waals surface area contributed by atoms with Gasteiger partial charge in [0.05, 0.1) is 6.61 Å². The first-order valence-corrected chi connectivity index (χ1v) is 9.16. The number of aromatic nitrogens is 1. The highest BCUT2D eigenvalue weighted by Gasteiger charge is 2.11. The third kappa shape index (κ3) is 4.25. The molecule has 0 aliphatic carbocycles. The van der Waals surface area contributed by atoms with E-state index in [0.29, 0.717) is 36.4 Å². The Balaban J connectivity index is 1.59. The number of H-pyrrole nitrogens is 1. The maximum absolute atomic E-state index is 12.2. The Morgan fingerprint density at radius 2 is 2.04 bits per heavy atom. The summed E-state index contributed by atoms with van der Waals surface area (Å²) in [5.74, 6) is 0.351. The Hall–Kier alpha value is -3.48. The molecule has 146 valence electrons. The first-order valence-electron chi connectivity index (χ1n) is 9.16. The van der Waals surface area contributed by atoms with Crippen LogP contribution in [0.5, 0.6) is 5.75 Å². The van der Waals surface area contributed by atoms with E-state index in [9.17, 15) is 9.59 Å². The maximum atomic E-state index is 12.2. The molecular formula is C21H24N4O3. The first kappa shape index (κ1) is 19.3. The highest BCUT2D eigenvalue weighted by atomic mass is 16.5. The number of urea groups is 1. The molecule has 0 atom stereocenters. The van der Waals surface area contributed by atoms with E-state index in [0.717, 1.165) is 22.2 Å². The number of rotatable bonds is 7. The molecule has 0 radical (unpaired) electrons. The van der Waals surface area contributed by atoms with Crippen molar-refractivity contribution in [3.05, 3.63) is 59.3 Å². The van der Waals surface area contributed by atoms with E-state index >= 15 is 0 Å². The molecule has 0 saturated heterocycles. The lowest BCUT2D eigenvalue weighted by Gasteiger charge is -2.10. The number of aryl methyl sites for hydroxylation is 1. The average Bonchev–Trinajstić information content (AvgIpc) is 3.06. The summed E-state index contributed by atoms with van der Waals surface area (Å²) < 4.78 is 5.71. The number of ether oxygens (including phenoxy) is 1. The summed E-state index contributed by atoms with van der Waals surface area (Å²) in [5.41, 5.74) is 9.15. The monoisotopic (exact) mass is 380 g/mol. The summed E-state index contributed by atoms with van der Waals surface area (Å²) >= 11 is 0. The predicted octanol–water partition coefficient (Wildman–Crippen LogP) is 3.34. The number of nitrogens with two attached hydrogens (primary N) is 1. The summed E-state index contributed by atoms with van der Waals surface area (Å²) in [6.07, 6.45) is 2.61. The number of anilines is 1. The largest absolute Gasteiger partial charge is 0.493 e. The lowest BCUT2D eigenvalue weighted by atomic mass is 10.1. The normalized spacial score (nSPS) is 10.6. The zero-order chi connectivity index (χ0) is 20.1. The lowest BCUT2D eigenvalue weighted by Crippen LogP contribution is -2.30. The third-order valence-electron chi connectivity index (χ3n) is 4.48. The quantitative estimate of drug-likeness (QED) is 0.505. The SMILES string of the molecule is CCOc1cccc2[nH]cc(CCNC(=O)Nc3ccc(C(N)=O)c(C)c3)c12. The molecule has 2 aromatic carbocycles. The van der Waals surface area contributed by atoms with E-state index in [1.807, 2.05) is 31.3 Å². The summed E-state index contributed by atoms with van der Waals surface area (Å²) in [4.78, 5) is 26.7. The third-order valence-corrected chi connectivity index (χ3v) is 4.48. The van der Waals surface area contributed by atoms with Crippen molar-refractivity contribution in [2.75, 3.05) is 18.5 Å². The smallest absolute Gasteiger partial charge is 0.319 e. The fourth-order valence-corrected chi connectivity index (χ4v) is 3.20. The van der Waals surface area contributed by atoms with Crippen LogP contribution in [0.15, 0.2) is 42.6 Å². The minimum Gasteiger partial charge on any atom is -0.493 e. The number of amides is 3. The molecule has 28 heavy (non-hydrogen) atoms. The molecular weight excluding hydrogens is 356 g/mol. The van der Waals surface area contributed by atoms with Gasteiger partial charge in [-0.15, -0.1) is 0 Å². The van der Waals surface area contributed by atoms with Crippen LogP contribution >= 0.6 is 0 Å². The number of benzene rings is 2. The van der Waals surface area contributed by atoms with Crippen LogP contribution in [0.3, 0.4) is 0 Å². The number of hydrogen-bond acceptors (Lipinski definition) is 3. The fraction of sp³-hybridized carbons (Fsp3) is 0.238. The minimum atomic E-state index is -0.487. The zero-order valence-corrected chi connectivity index (χ0v) is 16.0. The topological polar surface area (TPSA) is 109 Å². The zero-order valence-electron chi connectivity index (χ0n) is 16.0. The number of fused-ring (bicyclic) bond motifs is 1. The summed E-state index contributed by atoms with van der Waals surface area (Å²) in [5, 5.41) is 6.65. The summed E-state index contributed by atoms with van der Waals surface area (Å²) in [6, 6.07) is 10.6. The van der Waals surface area contributed by atoms with Gasteiger partial charge in [0.2, 0.25) is 5.91 Å². The molecule has 0 aliphatic rings. The van der Waals surface area contributed by atoms with Gasteiger partial charge in [0.25, 0.3) is 0 Å². The lowest BCUT2D eigenvalue weighted by molar-refractivity contribution is 0.0999. The Labute approximate surface area is 163 Å². The van der Waals surface area contributed by atoms with Gasteiger partial charge in [-0.05, 0) is 61.7 Å². The summed E-state index contributed by atoms with van der Waals surface area (Å²) in [6.45, 7) is 4.79. The number of hydrogen-bond donors (Lipinski definition) is 4. The predicted molar refractivity (Wildman–Crippen MR) is 110 cm³/mol. The standard InChI is InChI=1S/C21H24N4O3/c1-3-28-18-6-4-5-17-19(18)14(12-24-17)9-10-23-21(27)25-15-7-8-16(20(22)26)13(2)11-15/h4-8,11-12,24H,3,9-10H2,1-2H3,(H2,22,26)(H2,23,25,27). The van der Waals surface area contributed by atoms with Crippen molar-refractivity contribution in [3.63, 3.8) is 0 Å². The van der Waals surface area contributed by atoms with E-state index in [1.165, 1.54) is 0 Å². The Bertz CT molecular complexity index is 1010. The van der Waals surface area contributed by atoms with Gasteiger partial charge in [-0.3, -0.25) is 4.79 Å². The minimum absolute atomic E-state index is 0.309. The van der Waals surface area contributed by atoms with Crippen molar-refractivity contribution in [3.8, 4) is 5.75 Å². The molecule has 1 aromatic heterocycles. The van der Waals surface area contributed by atoms with Gasteiger partial charge in [0.15, 0.2) is 0 Å². The van der Waals surface area contributed by atoms with E-state index < -0.39 is 5.91 Å². The molecule has 0 saturated carbocycles. The van der Waals surface area contributed by atoms with Crippen LogP contribution in [0.4, 0.5) is 10.5 Å². The van der Waals surface area contributed by atoms with Crippen LogP contribution < -0.4 is 21.1 Å². The molecule has 3 amide bonds. The van der Waals surface area contributed by atoms with Crippen molar-refractivity contribution in [2.45, 2.75) is 20.3 Å². The number of nitrogens with one attached hydrogen (secondary N) is 3. The van der Waals surface area contributed by atoms with Gasteiger partial charge in [0, 0.05) is 34.9 Å². The van der Waals surface area contributed by atoms with Crippen LogP contribution in [0.2, 0.25) is 0 Å². The van der Waals surface area contributed by atoms with Crippen molar-refractivity contribution in [2.24, 2.45) is 5.73 Å². The van der Waals surface area contributed by atoms with Gasteiger partial charge in [0.1, 0.15) is 5.75 Å². The van der Waals surface area contributed by atoms with Gasteiger partial charge >= 0.3 is 6.03 Å². The van der Waals surface area contributed by atoms with E-state index in [1.54, 1.807) is 25.1 Å².